The van der Waals surface area contributed by atoms with Gasteiger partial charge in [0.15, 0.2) is 14.8 Å². The van der Waals surface area contributed by atoms with Crippen molar-refractivity contribution in [2.45, 2.75) is 71.5 Å². The maximum atomic E-state index is 13.3. The summed E-state index contributed by atoms with van der Waals surface area (Å²) in [6, 6.07) is 4.76. The van der Waals surface area contributed by atoms with Crippen molar-refractivity contribution in [3.8, 4) is 0 Å². The van der Waals surface area contributed by atoms with Crippen LogP contribution in [0.3, 0.4) is 0 Å². The first kappa shape index (κ1) is 28.1. The van der Waals surface area contributed by atoms with Crippen LogP contribution in [0.2, 0.25) is 13.1 Å². The average molecular weight is 538 g/mol. The number of nitro benzene ring substituents is 1. The zero-order chi connectivity index (χ0) is 26.8. The van der Waals surface area contributed by atoms with Crippen molar-refractivity contribution in [1.29, 1.82) is 0 Å². The van der Waals surface area contributed by atoms with Gasteiger partial charge in [-0.1, -0.05) is 20.8 Å². The Balaban J connectivity index is 1.63. The zero-order valence-corrected chi connectivity index (χ0v) is 23.6. The first-order valence-electron chi connectivity index (χ1n) is 12.0. The molecule has 0 unspecified atom stereocenters. The van der Waals surface area contributed by atoms with Gasteiger partial charge < -0.3 is 14.5 Å². The van der Waals surface area contributed by atoms with Gasteiger partial charge in [0.05, 0.1) is 28.4 Å². The van der Waals surface area contributed by atoms with E-state index in [2.05, 4.69) is 18.4 Å². The zero-order valence-electron chi connectivity index (χ0n) is 21.6. The Bertz CT molecular complexity index is 1010. The molecule has 3 rings (SSSR count). The molecule has 2 fully saturated rings. The molecule has 0 spiro atoms. The summed E-state index contributed by atoms with van der Waals surface area (Å²) in [6.45, 7) is 12.2. The van der Waals surface area contributed by atoms with Crippen molar-refractivity contribution in [3.63, 3.8) is 0 Å². The van der Waals surface area contributed by atoms with Crippen LogP contribution in [-0.2, 0) is 25.4 Å². The van der Waals surface area contributed by atoms with Crippen LogP contribution in [0.1, 0.15) is 39.7 Å². The summed E-state index contributed by atoms with van der Waals surface area (Å²) in [7, 11) is -1.48. The number of β-lactam (4-membered cyclic amide) rings is 1. The lowest BCUT2D eigenvalue weighted by molar-refractivity contribution is -0.384. The van der Waals surface area contributed by atoms with E-state index in [9.17, 15) is 24.5 Å². The molecule has 1 aromatic carbocycles. The molecule has 198 valence electrons. The van der Waals surface area contributed by atoms with E-state index in [1.54, 1.807) is 0 Å². The highest BCUT2D eigenvalue weighted by Gasteiger charge is 2.57. The molecule has 1 N–H and O–H groups in total. The summed E-state index contributed by atoms with van der Waals surface area (Å²) in [6.07, 6.45) is -0.498. The predicted octanol–water partition coefficient (Wildman–Crippen LogP) is 3.48. The predicted molar refractivity (Wildman–Crippen MR) is 139 cm³/mol. The Kier molecular flexibility index (Phi) is 8.51. The van der Waals surface area contributed by atoms with Crippen molar-refractivity contribution in [1.82, 2.24) is 10.2 Å². The SMILES string of the molecule is C[SiH](C)O[C@](C)([C@H]1C(=O)N[C@@H]1CC(=O)[C@@H]1CSCN1C(=O)OCc1ccc([N+](=O)[O-])cc1)C(C)(C)C. The lowest BCUT2D eigenvalue weighted by Gasteiger charge is -2.54. The van der Waals surface area contributed by atoms with Crippen LogP contribution >= 0.6 is 11.8 Å². The number of rotatable bonds is 9. The summed E-state index contributed by atoms with van der Waals surface area (Å²) in [5.74, 6) is 0.105. The molecular formula is C24H35N3O7SSi. The molecule has 0 aromatic heterocycles. The Morgan fingerprint density at radius 1 is 1.22 bits per heavy atom. The molecule has 0 saturated carbocycles. The van der Waals surface area contributed by atoms with Crippen LogP contribution in [0.4, 0.5) is 10.5 Å². The third-order valence-corrected chi connectivity index (χ3v) is 8.97. The Labute approximate surface area is 217 Å². The van der Waals surface area contributed by atoms with Crippen LogP contribution in [0.25, 0.3) is 0 Å². The average Bonchev–Trinajstić information content (AvgIpc) is 3.26. The summed E-state index contributed by atoms with van der Waals surface area (Å²) >= 11 is 1.47. The minimum Gasteiger partial charge on any atom is -0.445 e. The number of Topliss-reactive ketones (excluding diaryl/α,β-unsaturated/α-hetero) is 1. The van der Waals surface area contributed by atoms with E-state index in [-0.39, 0.29) is 41.9 Å². The lowest BCUT2D eigenvalue weighted by atomic mass is 9.63. The highest BCUT2D eigenvalue weighted by Crippen LogP contribution is 2.45. The number of benzene rings is 1. The van der Waals surface area contributed by atoms with Crippen LogP contribution in [0.5, 0.6) is 0 Å². The number of thioether (sulfide) groups is 1. The third kappa shape index (κ3) is 5.92. The molecule has 2 saturated heterocycles. The number of nitro groups is 1. The molecule has 36 heavy (non-hydrogen) atoms. The first-order chi connectivity index (χ1) is 16.7. The van der Waals surface area contributed by atoms with Gasteiger partial charge in [0.1, 0.15) is 12.6 Å². The van der Waals surface area contributed by atoms with Crippen molar-refractivity contribution < 1.29 is 28.5 Å². The molecule has 0 aliphatic carbocycles. The lowest BCUT2D eigenvalue weighted by Crippen LogP contribution is -2.71. The third-order valence-electron chi connectivity index (χ3n) is 6.99. The standard InChI is InChI=1S/C24H35N3O7SSi/c1-23(2,3)24(4,34-36(5)6)20-17(25-21(20)29)11-19(28)18-13-35-14-26(18)22(30)33-12-15-7-9-16(10-8-15)27(31)32/h7-10,17-18,20,36H,11-14H2,1-6H3,(H,25,29)/t17-,18+,20-,24-/m1/s1. The Morgan fingerprint density at radius 2 is 1.86 bits per heavy atom. The molecule has 0 bridgehead atoms. The fourth-order valence-corrected chi connectivity index (χ4v) is 7.29. The Hall–Kier alpha value is -2.44. The summed E-state index contributed by atoms with van der Waals surface area (Å²) in [5, 5.41) is 13.7. The minimum atomic E-state index is -1.48. The minimum absolute atomic E-state index is 0.0447. The van der Waals surface area contributed by atoms with Gasteiger partial charge in [-0.25, -0.2) is 4.79 Å². The summed E-state index contributed by atoms with van der Waals surface area (Å²) < 4.78 is 11.8. The number of carbonyl (C=O) groups excluding carboxylic acids is 3. The summed E-state index contributed by atoms with van der Waals surface area (Å²) in [5.41, 5.74) is -0.463. The van der Waals surface area contributed by atoms with Gasteiger partial charge in [0, 0.05) is 24.3 Å². The Morgan fingerprint density at radius 3 is 2.39 bits per heavy atom. The molecule has 12 heteroatoms. The maximum Gasteiger partial charge on any atom is 0.411 e. The van der Waals surface area contributed by atoms with Crippen molar-refractivity contribution >= 4 is 44.3 Å². The molecular weight excluding hydrogens is 502 g/mol. The van der Waals surface area contributed by atoms with Crippen molar-refractivity contribution in [2.24, 2.45) is 11.3 Å². The van der Waals surface area contributed by atoms with Crippen LogP contribution in [0, 0.1) is 21.4 Å². The summed E-state index contributed by atoms with van der Waals surface area (Å²) in [4.78, 5) is 50.4. The van der Waals surface area contributed by atoms with Gasteiger partial charge in [-0.2, -0.15) is 0 Å². The van der Waals surface area contributed by atoms with Gasteiger partial charge in [-0.3, -0.25) is 24.6 Å². The topological polar surface area (TPSA) is 128 Å². The molecule has 4 atom stereocenters. The van der Waals surface area contributed by atoms with Gasteiger partial charge in [-0.05, 0) is 43.1 Å². The maximum absolute atomic E-state index is 13.3. The molecule has 2 aliphatic heterocycles. The quantitative estimate of drug-likeness (QED) is 0.219. The number of ether oxygens (including phenoxy) is 1. The van der Waals surface area contributed by atoms with E-state index in [1.165, 1.54) is 40.9 Å². The van der Waals surface area contributed by atoms with Gasteiger partial charge in [0.2, 0.25) is 5.91 Å². The van der Waals surface area contributed by atoms with Crippen LogP contribution in [0.15, 0.2) is 24.3 Å². The second-order valence-electron chi connectivity index (χ2n) is 10.8. The number of hydrogen-bond acceptors (Lipinski definition) is 8. The number of amides is 2. The highest BCUT2D eigenvalue weighted by molar-refractivity contribution is 7.99. The molecule has 2 heterocycles. The molecule has 2 aliphatic rings. The van der Waals surface area contributed by atoms with E-state index in [4.69, 9.17) is 9.16 Å². The van der Waals surface area contributed by atoms with Gasteiger partial charge >= 0.3 is 6.09 Å². The van der Waals surface area contributed by atoms with Gasteiger partial charge in [-0.15, -0.1) is 11.8 Å². The number of ketones is 1. The van der Waals surface area contributed by atoms with E-state index >= 15 is 0 Å². The molecule has 10 nitrogen and oxygen atoms in total. The number of non-ortho nitro benzene ring substituents is 1. The van der Waals surface area contributed by atoms with E-state index < -0.39 is 37.6 Å². The fraction of sp³-hybridized carbons (Fsp3) is 0.625. The number of nitrogens with zero attached hydrogens (tertiary/aromatic N) is 2. The second kappa shape index (κ2) is 10.9. The van der Waals surface area contributed by atoms with E-state index in [0.717, 1.165) is 0 Å². The van der Waals surface area contributed by atoms with Crippen molar-refractivity contribution in [3.05, 3.63) is 39.9 Å². The molecule has 0 radical (unpaired) electrons. The second-order valence-corrected chi connectivity index (χ2v) is 14.1. The van der Waals surface area contributed by atoms with E-state index in [0.29, 0.717) is 17.2 Å². The number of carbonyl (C=O) groups is 3. The highest BCUT2D eigenvalue weighted by atomic mass is 32.2. The monoisotopic (exact) mass is 537 g/mol. The van der Waals surface area contributed by atoms with Crippen molar-refractivity contribution in [2.75, 3.05) is 11.6 Å². The fourth-order valence-electron chi connectivity index (χ4n) is 4.64. The first-order valence-corrected chi connectivity index (χ1v) is 15.9. The van der Waals surface area contributed by atoms with Crippen LogP contribution < -0.4 is 5.32 Å². The largest absolute Gasteiger partial charge is 0.445 e. The normalized spacial score (nSPS) is 23.6. The van der Waals surface area contributed by atoms with E-state index in [1.807, 2.05) is 27.7 Å². The number of nitrogens with one attached hydrogen (secondary N) is 1. The molecule has 1 aromatic rings. The van der Waals surface area contributed by atoms with Crippen LogP contribution in [-0.4, -0.2) is 66.0 Å². The number of hydrogen-bond donors (Lipinski definition) is 1. The smallest absolute Gasteiger partial charge is 0.411 e. The molecule has 2 amide bonds. The van der Waals surface area contributed by atoms with Gasteiger partial charge in [0.25, 0.3) is 5.69 Å².